The van der Waals surface area contributed by atoms with Gasteiger partial charge in [-0.15, -0.1) is 0 Å². The van der Waals surface area contributed by atoms with Crippen molar-refractivity contribution in [2.75, 3.05) is 25.4 Å². The summed E-state index contributed by atoms with van der Waals surface area (Å²) in [5.74, 6) is 0.141. The van der Waals surface area contributed by atoms with Crippen LogP contribution in [0.1, 0.15) is 78.4 Å². The van der Waals surface area contributed by atoms with E-state index >= 15 is 0 Å². The number of aliphatic hydroxyl groups excluding tert-OH is 1. The van der Waals surface area contributed by atoms with Crippen LogP contribution in [-0.4, -0.2) is 88.2 Å². The summed E-state index contributed by atoms with van der Waals surface area (Å²) in [6, 6.07) is 18.4. The van der Waals surface area contributed by atoms with Crippen LogP contribution < -0.4 is 16.0 Å². The Morgan fingerprint density at radius 2 is 1.57 bits per heavy atom. The molecule has 0 unspecified atom stereocenters. The van der Waals surface area contributed by atoms with Crippen LogP contribution in [-0.2, 0) is 30.6 Å². The first-order chi connectivity index (χ1) is 24.3. The highest BCUT2D eigenvalue weighted by Gasteiger charge is 2.38. The van der Waals surface area contributed by atoms with Crippen molar-refractivity contribution in [2.45, 2.75) is 108 Å². The highest BCUT2D eigenvalue weighted by molar-refractivity contribution is 7.99. The number of hydrogen-bond donors (Lipinski definition) is 4. The third-order valence-corrected chi connectivity index (χ3v) is 11.2. The van der Waals surface area contributed by atoms with Gasteiger partial charge in [-0.05, 0) is 58.1 Å². The van der Waals surface area contributed by atoms with Gasteiger partial charge >= 0.3 is 6.09 Å². The average molecular weight is 743 g/mol. The maximum absolute atomic E-state index is 13.8. The molecule has 12 heteroatoms. The lowest BCUT2D eigenvalue weighted by molar-refractivity contribution is -0.132. The molecular weight excluding hydrogens is 685 g/mol. The van der Waals surface area contributed by atoms with Gasteiger partial charge in [0.2, 0.25) is 17.7 Å². The van der Waals surface area contributed by atoms with Gasteiger partial charge < -0.3 is 30.7 Å². The minimum Gasteiger partial charge on any atom is -0.444 e. The maximum atomic E-state index is 13.8. The summed E-state index contributed by atoms with van der Waals surface area (Å²) >= 11 is 3.21. The van der Waals surface area contributed by atoms with Crippen LogP contribution in [0.25, 0.3) is 0 Å². The summed E-state index contributed by atoms with van der Waals surface area (Å²) in [5.41, 5.74) is 1.61. The van der Waals surface area contributed by atoms with Gasteiger partial charge in [-0.3, -0.25) is 14.4 Å². The molecular formula is C39H58N4O6S2. The molecule has 6 atom stereocenters. The fraction of sp³-hybridized carbons (Fsp3) is 0.590. The van der Waals surface area contributed by atoms with Crippen LogP contribution in [0.4, 0.5) is 4.79 Å². The molecule has 2 aromatic carbocycles. The largest absolute Gasteiger partial charge is 0.444 e. The fourth-order valence-corrected chi connectivity index (χ4v) is 8.15. The number of carbonyl (C=O) groups excluding carboxylic acids is 4. The number of piperidine rings is 1. The van der Waals surface area contributed by atoms with Crippen LogP contribution >= 0.6 is 23.5 Å². The molecule has 1 aliphatic rings. The Labute approximate surface area is 313 Å². The quantitative estimate of drug-likeness (QED) is 0.141. The molecule has 0 radical (unpaired) electrons. The summed E-state index contributed by atoms with van der Waals surface area (Å²) in [6.07, 6.45) is 1.10. The first-order valence-electron chi connectivity index (χ1n) is 18.1. The van der Waals surface area contributed by atoms with Crippen molar-refractivity contribution in [3.63, 3.8) is 0 Å². The number of hydrogen-bond acceptors (Lipinski definition) is 8. The number of carbonyl (C=O) groups is 4. The molecule has 1 aliphatic heterocycles. The molecule has 0 aliphatic carbocycles. The van der Waals surface area contributed by atoms with E-state index in [-0.39, 0.29) is 23.5 Å². The Bertz CT molecular complexity index is 1380. The Morgan fingerprint density at radius 1 is 0.941 bits per heavy atom. The average Bonchev–Trinajstić information content (AvgIpc) is 3.10. The highest BCUT2D eigenvalue weighted by Crippen LogP contribution is 2.32. The van der Waals surface area contributed by atoms with Gasteiger partial charge in [-0.25, -0.2) is 4.79 Å². The number of ether oxygens (including phenoxy) is 1. The summed E-state index contributed by atoms with van der Waals surface area (Å²) in [7, 11) is 0. The Balaban J connectivity index is 1.66. The molecule has 1 fully saturated rings. The number of amides is 4. The molecule has 0 saturated carbocycles. The number of rotatable bonds is 18. The molecule has 282 valence electrons. The molecule has 1 heterocycles. The van der Waals surface area contributed by atoms with E-state index in [4.69, 9.17) is 4.74 Å². The summed E-state index contributed by atoms with van der Waals surface area (Å²) in [4.78, 5) is 54.6. The molecule has 4 N–H and O–H groups in total. The third-order valence-electron chi connectivity index (χ3n) is 8.68. The van der Waals surface area contributed by atoms with Gasteiger partial charge in [-0.1, -0.05) is 80.9 Å². The summed E-state index contributed by atoms with van der Waals surface area (Å²) < 4.78 is 5.63. The molecule has 2 aromatic rings. The van der Waals surface area contributed by atoms with Crippen molar-refractivity contribution in [3.05, 3.63) is 71.8 Å². The molecule has 4 amide bonds. The minimum atomic E-state index is -0.969. The van der Waals surface area contributed by atoms with E-state index in [0.29, 0.717) is 43.3 Å². The van der Waals surface area contributed by atoms with E-state index in [1.54, 1.807) is 42.3 Å². The zero-order valence-electron chi connectivity index (χ0n) is 31.1. The standard InChI is InChI=1S/C39H58N4O6S2/c1-7-8-20-40-35(45)27(2)22-33(44)32(26-50-24-29-15-11-9-12-16-29)42-36(46)28(3)41-37(47)31-19-21-43(38(48)49-39(4,5)6)23-34(31)51-25-30-17-13-10-14-18-30/h9-18,27-28,31-34,44H,7-8,19-26H2,1-6H3,(H,40,45)(H,41,47)(H,42,46)/t27-,28+,31+,32+,33+,34-/m1/s1. The van der Waals surface area contributed by atoms with Gasteiger partial charge in [0.25, 0.3) is 0 Å². The normalized spacial score (nSPS) is 18.5. The number of thioether (sulfide) groups is 2. The molecule has 0 spiro atoms. The molecule has 0 bridgehead atoms. The van der Waals surface area contributed by atoms with Gasteiger partial charge in [0.05, 0.1) is 18.1 Å². The number of nitrogens with one attached hydrogen (secondary N) is 3. The Hall–Kier alpha value is -3.22. The van der Waals surface area contributed by atoms with Crippen LogP contribution in [0.15, 0.2) is 60.7 Å². The lowest BCUT2D eigenvalue weighted by Gasteiger charge is -2.38. The Morgan fingerprint density at radius 3 is 2.18 bits per heavy atom. The number of aliphatic hydroxyl groups is 1. The van der Waals surface area contributed by atoms with Gasteiger partial charge in [0.15, 0.2) is 0 Å². The second-order valence-electron chi connectivity index (χ2n) is 14.4. The predicted octanol–water partition coefficient (Wildman–Crippen LogP) is 5.77. The third kappa shape index (κ3) is 15.1. The zero-order valence-corrected chi connectivity index (χ0v) is 32.7. The van der Waals surface area contributed by atoms with E-state index < -0.39 is 47.6 Å². The van der Waals surface area contributed by atoms with Gasteiger partial charge in [-0.2, -0.15) is 23.5 Å². The molecule has 10 nitrogen and oxygen atoms in total. The van der Waals surface area contributed by atoms with E-state index in [0.717, 1.165) is 24.0 Å². The fourth-order valence-electron chi connectivity index (χ4n) is 5.67. The van der Waals surface area contributed by atoms with Crippen molar-refractivity contribution >= 4 is 47.3 Å². The lowest BCUT2D eigenvalue weighted by atomic mass is 9.95. The van der Waals surface area contributed by atoms with Crippen LogP contribution in [0.5, 0.6) is 0 Å². The molecule has 1 saturated heterocycles. The monoisotopic (exact) mass is 742 g/mol. The second-order valence-corrected chi connectivity index (χ2v) is 16.6. The first kappa shape index (κ1) is 42.2. The van der Waals surface area contributed by atoms with Crippen LogP contribution in [0, 0.1) is 11.8 Å². The van der Waals surface area contributed by atoms with Crippen molar-refractivity contribution in [1.82, 2.24) is 20.9 Å². The molecule has 51 heavy (non-hydrogen) atoms. The SMILES string of the molecule is CCCCNC(=O)[C@H](C)C[C@H](O)[C@H](CSCc1ccccc1)NC(=O)[C@H](C)NC(=O)[C@H]1CCN(C(=O)OC(C)(C)C)C[C@H]1SCc1ccccc1. The van der Waals surface area contributed by atoms with Gasteiger partial charge in [0, 0.05) is 48.1 Å². The van der Waals surface area contributed by atoms with Crippen LogP contribution in [0.3, 0.4) is 0 Å². The number of unbranched alkanes of at least 4 members (excludes halogenated alkanes) is 1. The smallest absolute Gasteiger partial charge is 0.410 e. The zero-order chi connectivity index (χ0) is 37.4. The van der Waals surface area contributed by atoms with E-state index in [1.165, 1.54) is 0 Å². The summed E-state index contributed by atoms with van der Waals surface area (Å²) in [6.45, 7) is 12.3. The van der Waals surface area contributed by atoms with E-state index in [2.05, 4.69) is 22.9 Å². The van der Waals surface area contributed by atoms with Crippen LogP contribution in [0.2, 0.25) is 0 Å². The minimum absolute atomic E-state index is 0.123. The number of nitrogens with zero attached hydrogens (tertiary/aromatic N) is 1. The predicted molar refractivity (Wildman–Crippen MR) is 207 cm³/mol. The first-order valence-corrected chi connectivity index (χ1v) is 20.3. The number of likely N-dealkylation sites (tertiary alicyclic amines) is 1. The van der Waals surface area contributed by atoms with Crippen molar-refractivity contribution in [1.29, 1.82) is 0 Å². The van der Waals surface area contributed by atoms with E-state index in [1.807, 2.05) is 81.4 Å². The summed E-state index contributed by atoms with van der Waals surface area (Å²) in [5, 5.41) is 19.9. The maximum Gasteiger partial charge on any atom is 0.410 e. The molecule has 3 rings (SSSR count). The van der Waals surface area contributed by atoms with Crippen molar-refractivity contribution in [2.24, 2.45) is 11.8 Å². The van der Waals surface area contributed by atoms with Crippen molar-refractivity contribution in [3.8, 4) is 0 Å². The highest BCUT2D eigenvalue weighted by atomic mass is 32.2. The number of benzene rings is 2. The molecule has 0 aromatic heterocycles. The Kier molecular flexibility index (Phi) is 17.7. The van der Waals surface area contributed by atoms with Gasteiger partial charge in [0.1, 0.15) is 11.6 Å². The second kappa shape index (κ2) is 21.3. The van der Waals surface area contributed by atoms with E-state index in [9.17, 15) is 24.3 Å². The topological polar surface area (TPSA) is 137 Å². The lowest BCUT2D eigenvalue weighted by Crippen LogP contribution is -2.56. The van der Waals surface area contributed by atoms with Crippen molar-refractivity contribution < 1.29 is 29.0 Å².